The van der Waals surface area contributed by atoms with Gasteiger partial charge in [0, 0.05) is 22.1 Å². The maximum Gasteiger partial charge on any atom is 2.00 e. The molecule has 2 aliphatic rings. The van der Waals surface area contributed by atoms with Crippen molar-refractivity contribution in [1.29, 1.82) is 0 Å². The van der Waals surface area contributed by atoms with Crippen molar-refractivity contribution in [1.82, 2.24) is 19.9 Å². The van der Waals surface area contributed by atoms with Crippen LogP contribution in [-0.4, -0.2) is 19.9 Å². The Morgan fingerprint density at radius 3 is 0.767 bits per heavy atom. The Kier molecular flexibility index (Phi) is 13.5. The molecule has 0 saturated heterocycles. The number of halogens is 2. The van der Waals surface area contributed by atoms with E-state index in [1.54, 1.807) is 0 Å². The van der Waals surface area contributed by atoms with Crippen LogP contribution in [0.2, 0.25) is 0 Å². The van der Waals surface area contributed by atoms with E-state index >= 15 is 0 Å². The van der Waals surface area contributed by atoms with Crippen LogP contribution in [0, 0.1) is 0 Å². The van der Waals surface area contributed by atoms with Crippen LogP contribution < -0.4 is 24.8 Å². The molecular formula is C36H46Cl2N4Zn. The quantitative estimate of drug-likeness (QED) is 0.356. The van der Waals surface area contributed by atoms with Gasteiger partial charge in [0.25, 0.3) is 0 Å². The SMILES string of the molecule is CCC1=C(CC)c2cc3[nH]c(cc4nc(cc5[nH]c(cc1n2)c(CC)c5CC)C(CC)=C4CC)c(CC)c3CC.[Cl-].[Cl-].[Zn+2]. The van der Waals surface area contributed by atoms with Crippen molar-refractivity contribution in [3.05, 3.63) is 69.3 Å². The fourth-order valence-electron chi connectivity index (χ4n) is 7.10. The summed E-state index contributed by atoms with van der Waals surface area (Å²) in [6, 6.07) is 9.24. The number of allylic oxidation sites excluding steroid dienone is 4. The first-order valence-corrected chi connectivity index (χ1v) is 15.7. The first-order chi connectivity index (χ1) is 19.5. The second-order valence-corrected chi connectivity index (χ2v) is 10.9. The van der Waals surface area contributed by atoms with Crippen LogP contribution in [0.15, 0.2) is 24.3 Å². The topological polar surface area (TPSA) is 57.4 Å². The average molecular weight is 671 g/mol. The van der Waals surface area contributed by atoms with Gasteiger partial charge in [-0.05, 0) is 120 Å². The zero-order valence-electron chi connectivity index (χ0n) is 27.3. The normalized spacial score (nSPS) is 12.7. The molecular weight excluding hydrogens is 625 g/mol. The van der Waals surface area contributed by atoms with Crippen molar-refractivity contribution in [3.8, 4) is 0 Å². The van der Waals surface area contributed by atoms with Gasteiger partial charge in [-0.25, -0.2) is 9.97 Å². The predicted octanol–water partition coefficient (Wildman–Crippen LogP) is 4.03. The first-order valence-electron chi connectivity index (χ1n) is 15.7. The van der Waals surface area contributed by atoms with Gasteiger partial charge in [0.1, 0.15) is 0 Å². The molecule has 3 aromatic rings. The minimum atomic E-state index is 0. The molecule has 43 heavy (non-hydrogen) atoms. The van der Waals surface area contributed by atoms with Crippen molar-refractivity contribution in [3.63, 3.8) is 0 Å². The van der Waals surface area contributed by atoms with Gasteiger partial charge in [0.15, 0.2) is 0 Å². The molecule has 0 saturated carbocycles. The van der Waals surface area contributed by atoms with E-state index in [1.165, 1.54) is 66.6 Å². The number of hydrogen-bond acceptors (Lipinski definition) is 2. The van der Waals surface area contributed by atoms with Gasteiger partial charge in [-0.1, -0.05) is 55.4 Å². The third-order valence-corrected chi connectivity index (χ3v) is 8.97. The van der Waals surface area contributed by atoms with Crippen LogP contribution in [0.3, 0.4) is 0 Å². The van der Waals surface area contributed by atoms with Crippen LogP contribution in [0.5, 0.6) is 0 Å². The van der Waals surface area contributed by atoms with Crippen molar-refractivity contribution in [2.24, 2.45) is 0 Å². The van der Waals surface area contributed by atoms with E-state index in [0.717, 1.165) is 74.1 Å². The summed E-state index contributed by atoms with van der Waals surface area (Å²) in [5, 5.41) is 0. The molecule has 4 nitrogen and oxygen atoms in total. The molecule has 7 heteroatoms. The van der Waals surface area contributed by atoms with Crippen molar-refractivity contribution in [2.75, 3.05) is 0 Å². The van der Waals surface area contributed by atoms with Crippen LogP contribution in [0.25, 0.3) is 44.4 Å². The van der Waals surface area contributed by atoms with Crippen molar-refractivity contribution >= 4 is 44.4 Å². The summed E-state index contributed by atoms with van der Waals surface area (Å²) in [7, 11) is 0. The molecule has 0 aliphatic carbocycles. The predicted molar refractivity (Wildman–Crippen MR) is 173 cm³/mol. The Morgan fingerprint density at radius 1 is 0.395 bits per heavy atom. The number of hydrogen-bond donors (Lipinski definition) is 2. The molecule has 0 unspecified atom stereocenters. The molecule has 8 bridgehead atoms. The van der Waals surface area contributed by atoms with E-state index in [9.17, 15) is 0 Å². The monoisotopic (exact) mass is 668 g/mol. The Bertz CT molecular complexity index is 1450. The first kappa shape index (κ1) is 37.0. The van der Waals surface area contributed by atoms with Crippen molar-refractivity contribution in [2.45, 2.75) is 107 Å². The van der Waals surface area contributed by atoms with Gasteiger partial charge in [0.2, 0.25) is 0 Å². The van der Waals surface area contributed by atoms with Crippen LogP contribution >= 0.6 is 0 Å². The fraction of sp³-hybridized carbons (Fsp3) is 0.444. The van der Waals surface area contributed by atoms with Gasteiger partial charge in [-0.3, -0.25) is 0 Å². The van der Waals surface area contributed by atoms with E-state index in [4.69, 9.17) is 9.97 Å². The number of fused-ring (bicyclic) bond motifs is 8. The molecule has 5 rings (SSSR count). The average Bonchev–Trinajstić information content (AvgIpc) is 3.67. The summed E-state index contributed by atoms with van der Waals surface area (Å²) in [5.74, 6) is 0. The van der Waals surface area contributed by atoms with E-state index in [2.05, 4.69) is 89.6 Å². The molecule has 0 spiro atoms. The van der Waals surface area contributed by atoms with Crippen molar-refractivity contribution < 1.29 is 44.3 Å². The number of H-pyrrole nitrogens is 2. The minimum absolute atomic E-state index is 0. The Labute approximate surface area is 283 Å². The molecule has 226 valence electrons. The second-order valence-electron chi connectivity index (χ2n) is 10.9. The van der Waals surface area contributed by atoms with E-state index in [-0.39, 0.29) is 44.3 Å². The van der Waals surface area contributed by atoms with Crippen LogP contribution in [0.4, 0.5) is 0 Å². The second kappa shape index (κ2) is 15.7. The Morgan fingerprint density at radius 2 is 0.605 bits per heavy atom. The number of nitrogens with zero attached hydrogens (tertiary/aromatic N) is 2. The summed E-state index contributed by atoms with van der Waals surface area (Å²) >= 11 is 0. The summed E-state index contributed by atoms with van der Waals surface area (Å²) < 4.78 is 0. The molecule has 0 amide bonds. The molecule has 3 aromatic heterocycles. The Hall–Kier alpha value is -2.20. The number of nitrogens with one attached hydrogen (secondary N) is 2. The maximum atomic E-state index is 5.29. The zero-order valence-corrected chi connectivity index (χ0v) is 31.8. The molecule has 0 fully saturated rings. The fourth-order valence-corrected chi connectivity index (χ4v) is 7.10. The summed E-state index contributed by atoms with van der Waals surface area (Å²) in [4.78, 5) is 18.2. The minimum Gasteiger partial charge on any atom is -1.00 e. The van der Waals surface area contributed by atoms with Gasteiger partial charge < -0.3 is 34.8 Å². The van der Waals surface area contributed by atoms with Crippen LogP contribution in [-0.2, 0) is 45.2 Å². The Balaban J connectivity index is 0.00000215. The molecule has 5 heterocycles. The van der Waals surface area contributed by atoms with Gasteiger partial charge in [-0.2, -0.15) is 0 Å². The van der Waals surface area contributed by atoms with Gasteiger partial charge in [-0.15, -0.1) is 0 Å². The largest absolute Gasteiger partial charge is 2.00 e. The smallest absolute Gasteiger partial charge is 1.00 e. The molecule has 2 N–H and O–H groups in total. The standard InChI is InChI=1S/C36H46N4.2ClH.Zn/c1-9-21-22(10-2)30-18-32-25(13-5)26(14-6)34(39-32)20-36-28(16-8)27(15-7)35(40-36)19-33-24(12-4)23(11-3)31(38-33)17-29(21)37-30;;;/h17-20,37,40H,9-16H2,1-8H3;2*1H;/q;;;+2/p-2. The zero-order chi connectivity index (χ0) is 28.6. The molecule has 0 radical (unpaired) electrons. The number of rotatable bonds is 8. The van der Waals surface area contributed by atoms with E-state index in [0.29, 0.717) is 0 Å². The number of aromatic nitrogens is 4. The number of aromatic amines is 2. The maximum absolute atomic E-state index is 5.29. The summed E-state index contributed by atoms with van der Waals surface area (Å²) in [6.45, 7) is 18.1. The molecule has 0 atom stereocenters. The van der Waals surface area contributed by atoms with E-state index < -0.39 is 0 Å². The van der Waals surface area contributed by atoms with Gasteiger partial charge >= 0.3 is 19.5 Å². The third kappa shape index (κ3) is 6.46. The van der Waals surface area contributed by atoms with Gasteiger partial charge in [0.05, 0.1) is 22.8 Å². The van der Waals surface area contributed by atoms with Crippen LogP contribution in [0.1, 0.15) is 126 Å². The summed E-state index contributed by atoms with van der Waals surface area (Å²) in [5.41, 5.74) is 20.2. The summed E-state index contributed by atoms with van der Waals surface area (Å²) in [6.07, 6.45) is 7.84. The molecule has 2 aliphatic heterocycles. The third-order valence-electron chi connectivity index (χ3n) is 8.97. The number of aryl methyl sites for hydroxylation is 4. The van der Waals surface area contributed by atoms with E-state index in [1.807, 2.05) is 0 Å². The molecule has 0 aromatic carbocycles.